The molecule has 1 N–H and O–H groups in total. The molecule has 1 aliphatic heterocycles. The van der Waals surface area contributed by atoms with Gasteiger partial charge in [0.15, 0.2) is 0 Å². The van der Waals surface area contributed by atoms with Gasteiger partial charge in [0.1, 0.15) is 11.1 Å². The van der Waals surface area contributed by atoms with Gasteiger partial charge in [-0.15, -0.1) is 11.3 Å². The predicted octanol–water partition coefficient (Wildman–Crippen LogP) is 1.79. The van der Waals surface area contributed by atoms with Crippen LogP contribution < -0.4 is 5.32 Å². The highest BCUT2D eigenvalue weighted by Gasteiger charge is 2.28. The minimum Gasteiger partial charge on any atom is -0.368 e. The van der Waals surface area contributed by atoms with E-state index in [0.717, 1.165) is 26.2 Å². The zero-order chi connectivity index (χ0) is 13.2. The van der Waals surface area contributed by atoms with Crippen molar-refractivity contribution in [1.82, 2.24) is 15.2 Å². The molecule has 2 unspecified atom stereocenters. The van der Waals surface area contributed by atoms with Crippen LogP contribution in [0.25, 0.3) is 0 Å². The van der Waals surface area contributed by atoms with E-state index in [1.54, 1.807) is 0 Å². The molecule has 5 heteroatoms. The fourth-order valence-electron chi connectivity index (χ4n) is 3.04. The van der Waals surface area contributed by atoms with E-state index in [9.17, 15) is 0 Å². The van der Waals surface area contributed by atoms with Gasteiger partial charge in [-0.2, -0.15) is 0 Å². The van der Waals surface area contributed by atoms with Crippen LogP contribution in [0.2, 0.25) is 0 Å². The van der Waals surface area contributed by atoms with Gasteiger partial charge in [-0.3, -0.25) is 0 Å². The second-order valence-electron chi connectivity index (χ2n) is 5.63. The highest BCUT2D eigenvalue weighted by atomic mass is 32.1. The normalized spacial score (nSPS) is 28.3. The van der Waals surface area contributed by atoms with Gasteiger partial charge in [-0.25, -0.2) is 4.98 Å². The van der Waals surface area contributed by atoms with Crippen molar-refractivity contribution in [2.24, 2.45) is 0 Å². The number of rotatable bonds is 3. The molecule has 1 fully saturated rings. The minimum atomic E-state index is 0.185. The lowest BCUT2D eigenvalue weighted by Gasteiger charge is -2.28. The molecule has 3 rings (SSSR count). The Bertz CT molecular complexity index is 434. The molecule has 4 nitrogen and oxygen atoms in total. The SMILES string of the molecule is CNCC1CCCc2sc(C3CN(C)CCO3)nc21. The topological polar surface area (TPSA) is 37.4 Å². The third kappa shape index (κ3) is 2.84. The number of hydrogen-bond acceptors (Lipinski definition) is 5. The van der Waals surface area contributed by atoms with Gasteiger partial charge >= 0.3 is 0 Å². The standard InChI is InChI=1S/C14H23N3OS/c1-15-8-10-4-3-5-12-13(10)16-14(19-12)11-9-17(2)6-7-18-11/h10-11,15H,3-9H2,1-2H3. The number of morpholine rings is 1. The van der Waals surface area contributed by atoms with Crippen molar-refractivity contribution in [3.8, 4) is 0 Å². The zero-order valence-electron chi connectivity index (χ0n) is 11.8. The summed E-state index contributed by atoms with van der Waals surface area (Å²) >= 11 is 1.88. The van der Waals surface area contributed by atoms with Crippen molar-refractivity contribution in [3.05, 3.63) is 15.6 Å². The number of likely N-dealkylation sites (N-methyl/N-ethyl adjacent to an activating group) is 2. The van der Waals surface area contributed by atoms with Crippen LogP contribution in [0.3, 0.4) is 0 Å². The number of fused-ring (bicyclic) bond motifs is 1. The first-order valence-electron chi connectivity index (χ1n) is 7.22. The van der Waals surface area contributed by atoms with Crippen LogP contribution >= 0.6 is 11.3 Å². The molecule has 0 radical (unpaired) electrons. The number of aromatic nitrogens is 1. The summed E-state index contributed by atoms with van der Waals surface area (Å²) in [6, 6.07) is 0. The molecule has 2 heterocycles. The fourth-order valence-corrected chi connectivity index (χ4v) is 4.27. The van der Waals surface area contributed by atoms with Crippen molar-refractivity contribution in [2.75, 3.05) is 40.3 Å². The Morgan fingerprint density at radius 3 is 3.21 bits per heavy atom. The summed E-state index contributed by atoms with van der Waals surface area (Å²) in [6.45, 7) is 3.88. The highest BCUT2D eigenvalue weighted by Crippen LogP contribution is 2.37. The first-order chi connectivity index (χ1) is 9.28. The number of nitrogens with zero attached hydrogens (tertiary/aromatic N) is 2. The van der Waals surface area contributed by atoms with Crippen molar-refractivity contribution < 1.29 is 4.74 Å². The van der Waals surface area contributed by atoms with Gasteiger partial charge in [0.2, 0.25) is 0 Å². The molecule has 19 heavy (non-hydrogen) atoms. The van der Waals surface area contributed by atoms with Crippen LogP contribution in [-0.4, -0.2) is 50.2 Å². The van der Waals surface area contributed by atoms with E-state index < -0.39 is 0 Å². The molecule has 2 aliphatic rings. The lowest BCUT2D eigenvalue weighted by atomic mass is 9.91. The van der Waals surface area contributed by atoms with Crippen LogP contribution in [0, 0.1) is 0 Å². The number of thiazole rings is 1. The molecule has 0 amide bonds. The smallest absolute Gasteiger partial charge is 0.123 e. The number of ether oxygens (including phenoxy) is 1. The van der Waals surface area contributed by atoms with E-state index in [1.807, 2.05) is 18.4 Å². The molecule has 1 aromatic heterocycles. The Morgan fingerprint density at radius 1 is 1.53 bits per heavy atom. The molecular weight excluding hydrogens is 258 g/mol. The maximum absolute atomic E-state index is 5.90. The minimum absolute atomic E-state index is 0.185. The molecule has 2 atom stereocenters. The number of hydrogen-bond donors (Lipinski definition) is 1. The van der Waals surface area contributed by atoms with Gasteiger partial charge in [0.25, 0.3) is 0 Å². The lowest BCUT2D eigenvalue weighted by molar-refractivity contribution is -0.0210. The number of aryl methyl sites for hydroxylation is 1. The molecule has 0 saturated carbocycles. The highest BCUT2D eigenvalue weighted by molar-refractivity contribution is 7.11. The first kappa shape index (κ1) is 13.5. The quantitative estimate of drug-likeness (QED) is 0.916. The van der Waals surface area contributed by atoms with E-state index >= 15 is 0 Å². The molecule has 0 spiro atoms. The maximum Gasteiger partial charge on any atom is 0.123 e. The number of nitrogens with one attached hydrogen (secondary N) is 1. The van der Waals surface area contributed by atoms with Crippen LogP contribution in [0.4, 0.5) is 0 Å². The second-order valence-corrected chi connectivity index (χ2v) is 6.74. The van der Waals surface area contributed by atoms with Crippen LogP contribution in [-0.2, 0) is 11.2 Å². The largest absolute Gasteiger partial charge is 0.368 e. The van der Waals surface area contributed by atoms with Gasteiger partial charge < -0.3 is 15.0 Å². The maximum atomic E-state index is 5.90. The molecule has 0 aromatic carbocycles. The van der Waals surface area contributed by atoms with E-state index in [1.165, 1.54) is 34.8 Å². The zero-order valence-corrected chi connectivity index (χ0v) is 12.6. The van der Waals surface area contributed by atoms with Gasteiger partial charge in [0, 0.05) is 30.4 Å². The average molecular weight is 281 g/mol. The monoisotopic (exact) mass is 281 g/mol. The third-order valence-electron chi connectivity index (χ3n) is 4.08. The summed E-state index contributed by atoms with van der Waals surface area (Å²) in [4.78, 5) is 8.77. The summed E-state index contributed by atoms with van der Waals surface area (Å²) in [5.41, 5.74) is 1.34. The van der Waals surface area contributed by atoms with Crippen molar-refractivity contribution >= 4 is 11.3 Å². The molecule has 106 valence electrons. The van der Waals surface area contributed by atoms with Crippen molar-refractivity contribution in [3.63, 3.8) is 0 Å². The van der Waals surface area contributed by atoms with E-state index in [4.69, 9.17) is 9.72 Å². The Kier molecular flexibility index (Phi) is 4.17. The Labute approximate surface area is 119 Å². The Morgan fingerprint density at radius 2 is 2.42 bits per heavy atom. The van der Waals surface area contributed by atoms with Crippen LogP contribution in [0.1, 0.15) is 40.4 Å². The van der Waals surface area contributed by atoms with Gasteiger partial charge in [-0.05, 0) is 33.4 Å². The van der Waals surface area contributed by atoms with Gasteiger partial charge in [0.05, 0.1) is 12.3 Å². The molecular formula is C14H23N3OS. The van der Waals surface area contributed by atoms with Crippen LogP contribution in [0.15, 0.2) is 0 Å². The fraction of sp³-hybridized carbons (Fsp3) is 0.786. The van der Waals surface area contributed by atoms with E-state index in [-0.39, 0.29) is 6.10 Å². The summed E-state index contributed by atoms with van der Waals surface area (Å²) in [5.74, 6) is 0.597. The summed E-state index contributed by atoms with van der Waals surface area (Å²) in [5, 5.41) is 4.49. The first-order valence-corrected chi connectivity index (χ1v) is 8.04. The summed E-state index contributed by atoms with van der Waals surface area (Å²) in [7, 11) is 4.19. The van der Waals surface area contributed by atoms with E-state index in [2.05, 4.69) is 17.3 Å². The predicted molar refractivity (Wildman–Crippen MR) is 77.9 cm³/mol. The molecule has 1 aromatic rings. The molecule has 1 aliphatic carbocycles. The second kappa shape index (κ2) is 5.87. The summed E-state index contributed by atoms with van der Waals surface area (Å²) < 4.78 is 5.90. The van der Waals surface area contributed by atoms with E-state index in [0.29, 0.717) is 5.92 Å². The molecule has 0 bridgehead atoms. The summed E-state index contributed by atoms with van der Waals surface area (Å²) in [6.07, 6.45) is 3.95. The third-order valence-corrected chi connectivity index (χ3v) is 5.31. The van der Waals surface area contributed by atoms with Crippen molar-refractivity contribution in [2.45, 2.75) is 31.3 Å². The Hall–Kier alpha value is -0.490. The Balaban J connectivity index is 1.80. The average Bonchev–Trinajstić information content (AvgIpc) is 2.84. The molecule has 1 saturated heterocycles. The lowest BCUT2D eigenvalue weighted by Crippen LogP contribution is -2.35. The van der Waals surface area contributed by atoms with Gasteiger partial charge in [-0.1, -0.05) is 0 Å². The van der Waals surface area contributed by atoms with Crippen molar-refractivity contribution in [1.29, 1.82) is 0 Å². The van der Waals surface area contributed by atoms with Crippen LogP contribution in [0.5, 0.6) is 0 Å².